The van der Waals surface area contributed by atoms with E-state index in [1.54, 1.807) is 0 Å². The van der Waals surface area contributed by atoms with E-state index in [4.69, 9.17) is 15.2 Å². The van der Waals surface area contributed by atoms with Crippen LogP contribution in [-0.4, -0.2) is 37.1 Å². The maximum atomic E-state index is 5.89. The molecule has 0 aromatic rings. The van der Waals surface area contributed by atoms with E-state index in [1.165, 1.54) is 0 Å². The maximum absolute atomic E-state index is 5.89. The highest BCUT2D eigenvalue weighted by molar-refractivity contribution is 4.98. The molecule has 3 atom stereocenters. The lowest BCUT2D eigenvalue weighted by molar-refractivity contribution is -0.165. The van der Waals surface area contributed by atoms with Crippen LogP contribution in [0.15, 0.2) is 0 Å². The van der Waals surface area contributed by atoms with Gasteiger partial charge in [-0.15, -0.1) is 0 Å². The van der Waals surface area contributed by atoms with Crippen molar-refractivity contribution in [2.45, 2.75) is 37.9 Å². The minimum atomic E-state index is -0.543. The molecule has 0 aromatic heterocycles. The summed E-state index contributed by atoms with van der Waals surface area (Å²) in [6.07, 6.45) is 0.298. The Morgan fingerprint density at radius 1 is 1.33 bits per heavy atom. The molecule has 2 aliphatic rings. The van der Waals surface area contributed by atoms with Gasteiger partial charge in [0.2, 0.25) is 0 Å². The van der Waals surface area contributed by atoms with Gasteiger partial charge < -0.3 is 20.5 Å². The zero-order chi connectivity index (χ0) is 8.77. The van der Waals surface area contributed by atoms with Crippen LogP contribution >= 0.6 is 0 Å². The van der Waals surface area contributed by atoms with Crippen molar-refractivity contribution in [1.82, 2.24) is 5.32 Å². The summed E-state index contributed by atoms with van der Waals surface area (Å²) in [7, 11) is 0. The number of ether oxygens (including phenoxy) is 2. The second-order valence-corrected chi connectivity index (χ2v) is 3.70. The monoisotopic (exact) mass is 172 g/mol. The summed E-state index contributed by atoms with van der Waals surface area (Å²) in [5, 5.41) is 3.17. The van der Waals surface area contributed by atoms with Gasteiger partial charge in [0.15, 0.2) is 5.79 Å². The molecule has 1 spiro atoms. The van der Waals surface area contributed by atoms with Crippen molar-refractivity contribution in [3.63, 3.8) is 0 Å². The number of nitrogens with one attached hydrogen (secondary N) is 1. The average molecular weight is 172 g/mol. The van der Waals surface area contributed by atoms with Crippen molar-refractivity contribution in [2.75, 3.05) is 13.1 Å². The molecule has 3 unspecified atom stereocenters. The Bertz CT molecular complexity index is 176. The molecule has 0 aliphatic carbocycles. The molecule has 2 heterocycles. The van der Waals surface area contributed by atoms with Gasteiger partial charge in [-0.25, -0.2) is 0 Å². The summed E-state index contributed by atoms with van der Waals surface area (Å²) < 4.78 is 11.4. The third-order valence-electron chi connectivity index (χ3n) is 2.73. The van der Waals surface area contributed by atoms with Gasteiger partial charge in [0, 0.05) is 6.54 Å². The van der Waals surface area contributed by atoms with Gasteiger partial charge in [-0.1, -0.05) is 0 Å². The second kappa shape index (κ2) is 2.67. The zero-order valence-corrected chi connectivity index (χ0v) is 7.54. The minimum Gasteiger partial charge on any atom is -0.341 e. The third kappa shape index (κ3) is 1.07. The summed E-state index contributed by atoms with van der Waals surface area (Å²) in [6, 6.07) is -0.0371. The highest BCUT2D eigenvalue weighted by Crippen LogP contribution is 2.32. The summed E-state index contributed by atoms with van der Waals surface area (Å²) in [6.45, 7) is 5.52. The highest BCUT2D eigenvalue weighted by Gasteiger charge is 2.51. The van der Waals surface area contributed by atoms with Gasteiger partial charge in [-0.3, -0.25) is 0 Å². The smallest absolute Gasteiger partial charge is 0.198 e. The molecule has 0 aromatic carbocycles. The lowest BCUT2D eigenvalue weighted by atomic mass is 10.2. The van der Waals surface area contributed by atoms with E-state index >= 15 is 0 Å². The molecule has 4 heteroatoms. The van der Waals surface area contributed by atoms with Crippen LogP contribution in [0.2, 0.25) is 0 Å². The molecular weight excluding hydrogens is 156 g/mol. The lowest BCUT2D eigenvalue weighted by Gasteiger charge is -2.25. The predicted octanol–water partition coefficient (Wildman–Crippen LogP) is -0.563. The molecular formula is C8H16N2O2. The van der Waals surface area contributed by atoms with Gasteiger partial charge in [-0.2, -0.15) is 0 Å². The van der Waals surface area contributed by atoms with Crippen LogP contribution in [0.5, 0.6) is 0 Å². The van der Waals surface area contributed by atoms with E-state index < -0.39 is 5.79 Å². The summed E-state index contributed by atoms with van der Waals surface area (Å²) >= 11 is 0. The van der Waals surface area contributed by atoms with Gasteiger partial charge in [0.1, 0.15) is 0 Å². The van der Waals surface area contributed by atoms with Crippen molar-refractivity contribution < 1.29 is 9.47 Å². The van der Waals surface area contributed by atoms with Crippen LogP contribution < -0.4 is 11.1 Å². The first-order valence-corrected chi connectivity index (χ1v) is 4.46. The molecule has 0 amide bonds. The van der Waals surface area contributed by atoms with Crippen molar-refractivity contribution in [2.24, 2.45) is 5.73 Å². The molecule has 12 heavy (non-hydrogen) atoms. The normalized spacial score (nSPS) is 53.8. The van der Waals surface area contributed by atoms with Gasteiger partial charge >= 0.3 is 0 Å². The fourth-order valence-corrected chi connectivity index (χ4v) is 1.80. The molecule has 2 fully saturated rings. The van der Waals surface area contributed by atoms with Gasteiger partial charge in [0.05, 0.1) is 24.8 Å². The Labute approximate surface area is 72.4 Å². The largest absolute Gasteiger partial charge is 0.341 e. The van der Waals surface area contributed by atoms with Crippen LogP contribution in [0.1, 0.15) is 13.8 Å². The molecule has 3 N–H and O–H groups in total. The third-order valence-corrected chi connectivity index (χ3v) is 2.73. The van der Waals surface area contributed by atoms with E-state index in [0.29, 0.717) is 6.54 Å². The summed E-state index contributed by atoms with van der Waals surface area (Å²) in [5.41, 5.74) is 5.89. The van der Waals surface area contributed by atoms with Gasteiger partial charge in [-0.05, 0) is 13.8 Å². The van der Waals surface area contributed by atoms with Crippen molar-refractivity contribution in [3.05, 3.63) is 0 Å². The van der Waals surface area contributed by atoms with Crippen molar-refractivity contribution >= 4 is 0 Å². The molecule has 4 nitrogen and oxygen atoms in total. The van der Waals surface area contributed by atoms with E-state index in [1.807, 2.05) is 13.8 Å². The number of nitrogens with two attached hydrogens (primary N) is 1. The van der Waals surface area contributed by atoms with Crippen LogP contribution in [0.4, 0.5) is 0 Å². The summed E-state index contributed by atoms with van der Waals surface area (Å²) in [5.74, 6) is -0.543. The number of hydrogen-bond donors (Lipinski definition) is 2. The Morgan fingerprint density at radius 3 is 2.33 bits per heavy atom. The average Bonchev–Trinajstić information content (AvgIpc) is 2.45. The number of rotatable bonds is 0. The van der Waals surface area contributed by atoms with E-state index in [9.17, 15) is 0 Å². The van der Waals surface area contributed by atoms with Crippen LogP contribution in [0.25, 0.3) is 0 Å². The van der Waals surface area contributed by atoms with Crippen LogP contribution in [-0.2, 0) is 9.47 Å². The van der Waals surface area contributed by atoms with Gasteiger partial charge in [0.25, 0.3) is 0 Å². The van der Waals surface area contributed by atoms with Crippen molar-refractivity contribution in [1.29, 1.82) is 0 Å². The SMILES string of the molecule is CC1OC2(CNCC2N)OC1C. The minimum absolute atomic E-state index is 0.0371. The summed E-state index contributed by atoms with van der Waals surface area (Å²) in [4.78, 5) is 0. The Kier molecular flexibility index (Phi) is 1.88. The Balaban J connectivity index is 2.13. The predicted molar refractivity (Wildman–Crippen MR) is 44.7 cm³/mol. The van der Waals surface area contributed by atoms with E-state index in [-0.39, 0.29) is 18.2 Å². The van der Waals surface area contributed by atoms with Crippen molar-refractivity contribution in [3.8, 4) is 0 Å². The molecule has 0 saturated carbocycles. The van der Waals surface area contributed by atoms with E-state index in [0.717, 1.165) is 6.54 Å². The zero-order valence-electron chi connectivity index (χ0n) is 7.54. The molecule has 70 valence electrons. The lowest BCUT2D eigenvalue weighted by Crippen LogP contribution is -2.48. The highest BCUT2D eigenvalue weighted by atomic mass is 16.8. The Morgan fingerprint density at radius 2 is 1.92 bits per heavy atom. The molecule has 2 aliphatic heterocycles. The first-order valence-electron chi connectivity index (χ1n) is 4.46. The molecule has 2 rings (SSSR count). The molecule has 0 bridgehead atoms. The first kappa shape index (κ1) is 8.44. The Hall–Kier alpha value is -0.160. The standard InChI is InChI=1S/C8H16N2O2/c1-5-6(2)12-8(11-5)4-10-3-7(8)9/h5-7,10H,3-4,9H2,1-2H3. The first-order chi connectivity index (χ1) is 5.64. The van der Waals surface area contributed by atoms with Crippen LogP contribution in [0, 0.1) is 0 Å². The maximum Gasteiger partial charge on any atom is 0.198 e. The topological polar surface area (TPSA) is 56.5 Å². The fraction of sp³-hybridized carbons (Fsp3) is 1.00. The fourth-order valence-electron chi connectivity index (χ4n) is 1.80. The second-order valence-electron chi connectivity index (χ2n) is 3.70. The van der Waals surface area contributed by atoms with Crippen LogP contribution in [0.3, 0.4) is 0 Å². The molecule has 0 radical (unpaired) electrons. The van der Waals surface area contributed by atoms with E-state index in [2.05, 4.69) is 5.32 Å². The number of hydrogen-bond acceptors (Lipinski definition) is 4. The quantitative estimate of drug-likeness (QED) is 0.514. The molecule has 2 saturated heterocycles.